The lowest BCUT2D eigenvalue weighted by Crippen LogP contribution is -2.15. The van der Waals surface area contributed by atoms with Gasteiger partial charge in [0.2, 0.25) is 0 Å². The minimum absolute atomic E-state index is 0.0767. The van der Waals surface area contributed by atoms with Crippen molar-refractivity contribution < 1.29 is 17.9 Å². The van der Waals surface area contributed by atoms with Gasteiger partial charge in [0.25, 0.3) is 0 Å². The zero-order valence-corrected chi connectivity index (χ0v) is 9.84. The van der Waals surface area contributed by atoms with E-state index in [1.165, 1.54) is 12.1 Å². The van der Waals surface area contributed by atoms with Crippen LogP contribution in [0.2, 0.25) is 0 Å². The Morgan fingerprint density at radius 2 is 2.00 bits per heavy atom. The van der Waals surface area contributed by atoms with E-state index in [9.17, 15) is 13.2 Å². The molecule has 17 heavy (non-hydrogen) atoms. The predicted octanol–water partition coefficient (Wildman–Crippen LogP) is 3.86. The topological polar surface area (TPSA) is 35.2 Å². The van der Waals surface area contributed by atoms with E-state index in [1.807, 2.05) is 6.92 Å². The molecule has 0 saturated carbocycles. The van der Waals surface area contributed by atoms with Gasteiger partial charge in [0.05, 0.1) is 11.7 Å². The highest BCUT2D eigenvalue weighted by molar-refractivity contribution is 5.49. The van der Waals surface area contributed by atoms with Crippen molar-refractivity contribution in [3.8, 4) is 5.75 Å². The van der Waals surface area contributed by atoms with Crippen LogP contribution in [0.4, 0.5) is 18.9 Å². The highest BCUT2D eigenvalue weighted by Gasteiger charge is 2.34. The van der Waals surface area contributed by atoms with Crippen molar-refractivity contribution >= 4 is 5.69 Å². The van der Waals surface area contributed by atoms with Crippen molar-refractivity contribution in [1.29, 1.82) is 0 Å². The van der Waals surface area contributed by atoms with E-state index in [1.54, 1.807) is 6.92 Å². The fraction of sp³-hybridized carbons (Fsp3) is 0.500. The van der Waals surface area contributed by atoms with Gasteiger partial charge in [0.15, 0.2) is 0 Å². The summed E-state index contributed by atoms with van der Waals surface area (Å²) >= 11 is 0. The van der Waals surface area contributed by atoms with Crippen molar-refractivity contribution in [2.75, 3.05) is 5.73 Å². The Morgan fingerprint density at radius 3 is 2.53 bits per heavy atom. The predicted molar refractivity (Wildman–Crippen MR) is 60.9 cm³/mol. The second-order valence-corrected chi connectivity index (χ2v) is 3.97. The van der Waals surface area contributed by atoms with Crippen molar-refractivity contribution in [1.82, 2.24) is 0 Å². The maximum absolute atomic E-state index is 12.7. The summed E-state index contributed by atoms with van der Waals surface area (Å²) in [4.78, 5) is 0. The van der Waals surface area contributed by atoms with Gasteiger partial charge in [0, 0.05) is 5.69 Å². The molecule has 0 saturated heterocycles. The summed E-state index contributed by atoms with van der Waals surface area (Å²) in [6, 6.07) is 3.57. The third kappa shape index (κ3) is 3.84. The Morgan fingerprint density at radius 1 is 1.35 bits per heavy atom. The van der Waals surface area contributed by atoms with Gasteiger partial charge >= 0.3 is 6.18 Å². The van der Waals surface area contributed by atoms with E-state index >= 15 is 0 Å². The van der Waals surface area contributed by atoms with Gasteiger partial charge in [-0.1, -0.05) is 13.3 Å². The molecule has 0 radical (unpaired) electrons. The SMILES string of the molecule is CCC[C@@H](C)Oc1ccc(N)cc1C(F)(F)F. The molecule has 1 atom stereocenters. The first-order valence-electron chi connectivity index (χ1n) is 5.48. The smallest absolute Gasteiger partial charge is 0.420 e. The van der Waals surface area contributed by atoms with Gasteiger partial charge in [-0.3, -0.25) is 0 Å². The van der Waals surface area contributed by atoms with Gasteiger partial charge in [-0.25, -0.2) is 0 Å². The monoisotopic (exact) mass is 247 g/mol. The zero-order chi connectivity index (χ0) is 13.1. The quantitative estimate of drug-likeness (QED) is 0.820. The number of benzene rings is 1. The van der Waals surface area contributed by atoms with Crippen LogP contribution in [0.3, 0.4) is 0 Å². The number of rotatable bonds is 4. The van der Waals surface area contributed by atoms with Gasteiger partial charge < -0.3 is 10.5 Å². The Balaban J connectivity index is 2.99. The van der Waals surface area contributed by atoms with Crippen LogP contribution in [-0.2, 0) is 6.18 Å². The minimum atomic E-state index is -4.45. The van der Waals surface area contributed by atoms with E-state index < -0.39 is 11.7 Å². The highest BCUT2D eigenvalue weighted by atomic mass is 19.4. The summed E-state index contributed by atoms with van der Waals surface area (Å²) in [5, 5.41) is 0. The maximum atomic E-state index is 12.7. The highest BCUT2D eigenvalue weighted by Crippen LogP contribution is 2.37. The van der Waals surface area contributed by atoms with Crippen LogP contribution in [0.15, 0.2) is 18.2 Å². The fourth-order valence-corrected chi connectivity index (χ4v) is 1.55. The molecule has 0 unspecified atom stereocenters. The number of hydrogen-bond donors (Lipinski definition) is 1. The zero-order valence-electron chi connectivity index (χ0n) is 9.84. The van der Waals surface area contributed by atoms with E-state index in [0.717, 1.165) is 12.5 Å². The normalized spacial score (nSPS) is 13.5. The van der Waals surface area contributed by atoms with Gasteiger partial charge in [-0.05, 0) is 31.5 Å². The van der Waals surface area contributed by atoms with E-state index in [0.29, 0.717) is 6.42 Å². The second-order valence-electron chi connectivity index (χ2n) is 3.97. The first-order valence-corrected chi connectivity index (χ1v) is 5.48. The summed E-state index contributed by atoms with van der Waals surface area (Å²) in [7, 11) is 0. The molecule has 0 aromatic heterocycles. The van der Waals surface area contributed by atoms with Crippen molar-refractivity contribution in [3.63, 3.8) is 0 Å². The molecule has 1 aromatic rings. The second kappa shape index (κ2) is 5.29. The van der Waals surface area contributed by atoms with Crippen molar-refractivity contribution in [2.24, 2.45) is 0 Å². The van der Waals surface area contributed by atoms with Gasteiger partial charge in [-0.2, -0.15) is 13.2 Å². The molecule has 0 aliphatic heterocycles. The molecule has 0 aliphatic rings. The molecule has 96 valence electrons. The third-order valence-corrected chi connectivity index (χ3v) is 2.33. The summed E-state index contributed by atoms with van der Waals surface area (Å²) in [6.07, 6.45) is -3.12. The van der Waals surface area contributed by atoms with E-state index in [4.69, 9.17) is 10.5 Å². The Bertz CT molecular complexity index is 377. The number of alkyl halides is 3. The molecule has 2 nitrogen and oxygen atoms in total. The molecule has 0 fully saturated rings. The average molecular weight is 247 g/mol. The largest absolute Gasteiger partial charge is 0.490 e. The summed E-state index contributed by atoms with van der Waals surface area (Å²) < 4.78 is 43.5. The molecule has 1 rings (SSSR count). The minimum Gasteiger partial charge on any atom is -0.490 e. The molecule has 2 N–H and O–H groups in total. The van der Waals surface area contributed by atoms with Gasteiger partial charge in [0.1, 0.15) is 5.75 Å². The first-order chi connectivity index (χ1) is 7.84. The van der Waals surface area contributed by atoms with E-state index in [-0.39, 0.29) is 17.5 Å². The molecule has 5 heteroatoms. The molecule has 0 amide bonds. The maximum Gasteiger partial charge on any atom is 0.420 e. The van der Waals surface area contributed by atoms with E-state index in [2.05, 4.69) is 0 Å². The summed E-state index contributed by atoms with van der Waals surface area (Å²) in [5.74, 6) is -0.160. The number of hydrogen-bond acceptors (Lipinski definition) is 2. The number of halogens is 3. The lowest BCUT2D eigenvalue weighted by atomic mass is 10.1. The molecule has 0 bridgehead atoms. The van der Waals surface area contributed by atoms with Crippen LogP contribution in [0.5, 0.6) is 5.75 Å². The van der Waals surface area contributed by atoms with Crippen molar-refractivity contribution in [3.05, 3.63) is 23.8 Å². The third-order valence-electron chi connectivity index (χ3n) is 2.33. The lowest BCUT2D eigenvalue weighted by Gasteiger charge is -2.18. The van der Waals surface area contributed by atoms with Crippen LogP contribution in [0.25, 0.3) is 0 Å². The fourth-order valence-electron chi connectivity index (χ4n) is 1.55. The van der Waals surface area contributed by atoms with Crippen molar-refractivity contribution in [2.45, 2.75) is 39.0 Å². The standard InChI is InChI=1S/C12H16F3NO/c1-3-4-8(2)17-11-6-5-9(16)7-10(11)12(13,14)15/h5-8H,3-4,16H2,1-2H3/t8-/m1/s1. The number of nitrogen functional groups attached to an aromatic ring is 1. The molecule has 1 aromatic carbocycles. The molecule has 0 spiro atoms. The van der Waals surface area contributed by atoms with Crippen LogP contribution in [-0.4, -0.2) is 6.10 Å². The van der Waals surface area contributed by atoms with Crippen LogP contribution in [0, 0.1) is 0 Å². The molecular weight excluding hydrogens is 231 g/mol. The summed E-state index contributed by atoms with van der Waals surface area (Å²) in [6.45, 7) is 3.70. The average Bonchev–Trinajstić information content (AvgIpc) is 2.19. The molecular formula is C12H16F3NO. The number of ether oxygens (including phenoxy) is 1. The number of anilines is 1. The van der Waals surface area contributed by atoms with Crippen LogP contribution in [0.1, 0.15) is 32.3 Å². The number of nitrogens with two attached hydrogens (primary N) is 1. The van der Waals surface area contributed by atoms with Crippen LogP contribution >= 0.6 is 0 Å². The first kappa shape index (κ1) is 13.7. The summed E-state index contributed by atoms with van der Waals surface area (Å²) in [5.41, 5.74) is 4.62. The molecule has 0 aliphatic carbocycles. The molecule has 0 heterocycles. The Hall–Kier alpha value is -1.39. The Kier molecular flexibility index (Phi) is 4.26. The Labute approximate surface area is 98.6 Å². The van der Waals surface area contributed by atoms with Gasteiger partial charge in [-0.15, -0.1) is 0 Å². The lowest BCUT2D eigenvalue weighted by molar-refractivity contribution is -0.139. The van der Waals surface area contributed by atoms with Crippen LogP contribution < -0.4 is 10.5 Å².